The van der Waals surface area contributed by atoms with Crippen LogP contribution >= 0.6 is 0 Å². The van der Waals surface area contributed by atoms with Crippen LogP contribution in [0.5, 0.6) is 0 Å². The van der Waals surface area contributed by atoms with E-state index in [1.165, 1.54) is 109 Å². The molecule has 9 heteroatoms. The van der Waals surface area contributed by atoms with Crippen molar-refractivity contribution in [2.45, 2.75) is 314 Å². The van der Waals surface area contributed by atoms with Crippen molar-refractivity contribution in [3.63, 3.8) is 0 Å². The van der Waals surface area contributed by atoms with E-state index in [0.717, 1.165) is 141 Å². The number of ether oxygens (including phenoxy) is 2. The highest BCUT2D eigenvalue weighted by Crippen LogP contribution is 2.23. The first kappa shape index (κ1) is 80.8. The van der Waals surface area contributed by atoms with Crippen LogP contribution in [0.4, 0.5) is 0 Å². The van der Waals surface area contributed by atoms with Crippen molar-refractivity contribution >= 4 is 5.91 Å². The molecule has 494 valence electrons. The molecule has 7 unspecified atom stereocenters. The number of hydrogen-bond donors (Lipinski definition) is 6. The van der Waals surface area contributed by atoms with Gasteiger partial charge in [-0.1, -0.05) is 300 Å². The molecule has 0 aromatic carbocycles. The van der Waals surface area contributed by atoms with Gasteiger partial charge in [0, 0.05) is 6.42 Å². The molecule has 1 heterocycles. The molecular formula is C78H129NO8. The molecule has 0 aliphatic carbocycles. The number of amides is 1. The maximum Gasteiger partial charge on any atom is 0.220 e. The van der Waals surface area contributed by atoms with Gasteiger partial charge in [0.1, 0.15) is 24.4 Å². The molecule has 1 saturated heterocycles. The van der Waals surface area contributed by atoms with Crippen LogP contribution in [0.3, 0.4) is 0 Å². The Morgan fingerprint density at radius 3 is 1.10 bits per heavy atom. The summed E-state index contributed by atoms with van der Waals surface area (Å²) < 4.78 is 11.3. The number of carbonyl (C=O) groups is 1. The van der Waals surface area contributed by atoms with Gasteiger partial charge in [0.15, 0.2) is 6.29 Å². The number of allylic oxidation sites excluding steroid dienone is 25. The summed E-state index contributed by atoms with van der Waals surface area (Å²) in [5.41, 5.74) is 0. The summed E-state index contributed by atoms with van der Waals surface area (Å²) in [6, 6.07) is -0.850. The molecule has 0 saturated carbocycles. The summed E-state index contributed by atoms with van der Waals surface area (Å²) in [6.07, 6.45) is 94.8. The Hall–Kier alpha value is -4.19. The number of aliphatic hydroxyl groups excluding tert-OH is 5. The Morgan fingerprint density at radius 1 is 0.402 bits per heavy atom. The van der Waals surface area contributed by atoms with Crippen LogP contribution in [-0.2, 0) is 14.3 Å². The van der Waals surface area contributed by atoms with E-state index in [0.29, 0.717) is 6.42 Å². The highest BCUT2D eigenvalue weighted by Gasteiger charge is 2.44. The molecular weight excluding hydrogens is 1080 g/mol. The zero-order chi connectivity index (χ0) is 62.8. The quantitative estimate of drug-likeness (QED) is 0.0261. The summed E-state index contributed by atoms with van der Waals surface area (Å²) in [5.74, 6) is -0.210. The lowest BCUT2D eigenvalue weighted by Crippen LogP contribution is -2.60. The highest BCUT2D eigenvalue weighted by molar-refractivity contribution is 5.76. The number of rotatable bonds is 59. The molecule has 0 aromatic heterocycles. The van der Waals surface area contributed by atoms with Gasteiger partial charge in [-0.05, 0) is 122 Å². The molecule has 0 bridgehead atoms. The predicted molar refractivity (Wildman–Crippen MR) is 373 cm³/mol. The van der Waals surface area contributed by atoms with Gasteiger partial charge in [-0.15, -0.1) is 0 Å². The normalized spacial score (nSPS) is 19.0. The maximum atomic E-state index is 13.1. The Morgan fingerprint density at radius 2 is 0.724 bits per heavy atom. The highest BCUT2D eigenvalue weighted by atomic mass is 16.7. The Kier molecular flexibility index (Phi) is 60.2. The zero-order valence-corrected chi connectivity index (χ0v) is 55.2. The second-order valence-corrected chi connectivity index (χ2v) is 23.6. The second kappa shape index (κ2) is 64.8. The fourth-order valence-corrected chi connectivity index (χ4v) is 10.1. The molecule has 1 rings (SSSR count). The van der Waals surface area contributed by atoms with Crippen molar-refractivity contribution in [3.05, 3.63) is 158 Å². The fourth-order valence-electron chi connectivity index (χ4n) is 10.1. The summed E-state index contributed by atoms with van der Waals surface area (Å²) in [5, 5.41) is 54.7. The lowest BCUT2D eigenvalue weighted by Gasteiger charge is -2.40. The van der Waals surface area contributed by atoms with Gasteiger partial charge < -0.3 is 40.3 Å². The van der Waals surface area contributed by atoms with E-state index >= 15 is 0 Å². The lowest BCUT2D eigenvalue weighted by molar-refractivity contribution is -0.302. The first-order chi connectivity index (χ1) is 42.8. The first-order valence-electron chi connectivity index (χ1n) is 35.2. The fraction of sp³-hybridized carbons (Fsp3) is 0.654. The lowest BCUT2D eigenvalue weighted by atomic mass is 9.99. The third kappa shape index (κ3) is 53.4. The zero-order valence-electron chi connectivity index (χ0n) is 55.2. The minimum Gasteiger partial charge on any atom is -0.394 e. The van der Waals surface area contributed by atoms with E-state index < -0.39 is 49.5 Å². The predicted octanol–water partition coefficient (Wildman–Crippen LogP) is 19.5. The van der Waals surface area contributed by atoms with Gasteiger partial charge in [-0.2, -0.15) is 0 Å². The molecule has 0 spiro atoms. The van der Waals surface area contributed by atoms with Gasteiger partial charge >= 0.3 is 0 Å². The number of nitrogens with one attached hydrogen (secondary N) is 1. The van der Waals surface area contributed by atoms with Crippen LogP contribution in [0, 0.1) is 0 Å². The number of carbonyl (C=O) groups excluding carboxylic acids is 1. The van der Waals surface area contributed by atoms with Crippen molar-refractivity contribution < 1.29 is 39.8 Å². The summed E-state index contributed by atoms with van der Waals surface area (Å²) in [6.45, 7) is 3.64. The average molecular weight is 1210 g/mol. The van der Waals surface area contributed by atoms with Crippen LogP contribution in [-0.4, -0.2) is 87.5 Å². The molecule has 0 radical (unpaired) electrons. The van der Waals surface area contributed by atoms with Gasteiger partial charge in [-0.25, -0.2) is 0 Å². The SMILES string of the molecule is CC/C=C\C/C=C\C/C=C\C/C=C\C/C=C\C/C=C\C/C=C\C/C=C\C/C=C\C/C=C\CCCCCCCCC(=O)NC(COC1OC(CO)C(O)C(O)C1O)C(O)/C=C/CC/C=C/CC/C=C/CCCCCCCCCCCCCCCCCCC. The molecule has 1 amide bonds. The largest absolute Gasteiger partial charge is 0.394 e. The van der Waals surface area contributed by atoms with Crippen LogP contribution in [0.15, 0.2) is 158 Å². The average Bonchev–Trinajstić information content (AvgIpc) is 3.37. The maximum absolute atomic E-state index is 13.1. The topological polar surface area (TPSA) is 149 Å². The van der Waals surface area contributed by atoms with E-state index in [4.69, 9.17) is 9.47 Å². The summed E-state index contributed by atoms with van der Waals surface area (Å²) in [7, 11) is 0. The molecule has 1 fully saturated rings. The molecule has 9 nitrogen and oxygen atoms in total. The van der Waals surface area contributed by atoms with Crippen molar-refractivity contribution in [1.29, 1.82) is 0 Å². The van der Waals surface area contributed by atoms with Crippen LogP contribution in [0.1, 0.15) is 271 Å². The minimum atomic E-state index is -1.59. The van der Waals surface area contributed by atoms with Crippen LogP contribution in [0.25, 0.3) is 0 Å². The van der Waals surface area contributed by atoms with Gasteiger partial charge in [0.25, 0.3) is 0 Å². The second-order valence-electron chi connectivity index (χ2n) is 23.6. The van der Waals surface area contributed by atoms with E-state index in [1.54, 1.807) is 6.08 Å². The summed E-state index contributed by atoms with van der Waals surface area (Å²) >= 11 is 0. The monoisotopic (exact) mass is 1210 g/mol. The van der Waals surface area contributed by atoms with Crippen molar-refractivity contribution in [3.8, 4) is 0 Å². The smallest absolute Gasteiger partial charge is 0.220 e. The van der Waals surface area contributed by atoms with E-state index in [2.05, 4.69) is 165 Å². The Labute approximate surface area is 533 Å². The van der Waals surface area contributed by atoms with Gasteiger partial charge in [0.05, 0.1) is 25.4 Å². The third-order valence-corrected chi connectivity index (χ3v) is 15.6. The van der Waals surface area contributed by atoms with Gasteiger partial charge in [0.2, 0.25) is 5.91 Å². The van der Waals surface area contributed by atoms with E-state index in [9.17, 15) is 30.3 Å². The first-order valence-corrected chi connectivity index (χ1v) is 35.2. The molecule has 1 aliphatic rings. The third-order valence-electron chi connectivity index (χ3n) is 15.6. The number of hydrogen-bond acceptors (Lipinski definition) is 8. The molecule has 6 N–H and O–H groups in total. The van der Waals surface area contributed by atoms with Gasteiger partial charge in [-0.3, -0.25) is 4.79 Å². The Balaban J connectivity index is 2.22. The number of unbranched alkanes of at least 4 members (excludes halogenated alkanes) is 25. The van der Waals surface area contributed by atoms with Crippen molar-refractivity contribution in [1.82, 2.24) is 5.32 Å². The van der Waals surface area contributed by atoms with Crippen LogP contribution < -0.4 is 5.32 Å². The van der Waals surface area contributed by atoms with Crippen molar-refractivity contribution in [2.75, 3.05) is 13.2 Å². The molecule has 7 atom stereocenters. The van der Waals surface area contributed by atoms with Crippen molar-refractivity contribution in [2.24, 2.45) is 0 Å². The molecule has 0 aromatic rings. The van der Waals surface area contributed by atoms with Crippen LogP contribution in [0.2, 0.25) is 0 Å². The Bertz CT molecular complexity index is 1930. The number of aliphatic hydroxyl groups is 5. The summed E-state index contributed by atoms with van der Waals surface area (Å²) in [4.78, 5) is 13.1. The molecule has 1 aliphatic heterocycles. The van der Waals surface area contributed by atoms with E-state index in [-0.39, 0.29) is 12.5 Å². The molecule has 87 heavy (non-hydrogen) atoms. The van der Waals surface area contributed by atoms with E-state index in [1.807, 2.05) is 6.08 Å². The minimum absolute atomic E-state index is 0.210. The standard InChI is InChI=1S/C78H129NO8/c1-3-5-7-9-11-13-15-17-19-21-23-25-27-29-31-32-33-34-35-36-37-38-39-40-42-44-46-48-50-52-54-56-58-60-62-64-66-68-74(82)79-71(70-86-78-77(85)76(84)75(83)73(69-80)87-78)72(81)67-65-63-61-59-57-55-53-51-49-47-45-43-41-30-28-26-24-22-20-18-16-14-12-10-8-6-4-2/h5,7,11,13,17,19,23,25,29,31,33-34,36-37,39-40,44,46,49-52,57,59,65,67,71-73,75-78,80-81,83-85H,3-4,6,8-10,12,14-16,18,20-22,24,26-28,30,32,35,38,41-43,45,47-48,53-56,58,60-64,66,68-70H2,1-2H3,(H,79,82)/b7-5-,13-11-,19-17-,25-23-,31-29-,34-33-,37-36-,40-39-,46-44-,51-49+,52-50-,59-57+,67-65+.